The maximum atomic E-state index is 12.9. The zero-order chi connectivity index (χ0) is 20.3. The fraction of sp³-hybridized carbons (Fsp3) is 0.300. The van der Waals surface area contributed by atoms with Crippen LogP contribution in [0.2, 0.25) is 0 Å². The van der Waals surface area contributed by atoms with Gasteiger partial charge in [-0.3, -0.25) is 4.79 Å². The van der Waals surface area contributed by atoms with Gasteiger partial charge in [0.05, 0.1) is 5.56 Å². The van der Waals surface area contributed by atoms with Gasteiger partial charge in [0.1, 0.15) is 0 Å². The number of carbonyl (C=O) groups is 1. The van der Waals surface area contributed by atoms with Crippen molar-refractivity contribution in [2.45, 2.75) is 13.1 Å². The van der Waals surface area contributed by atoms with E-state index in [9.17, 15) is 18.0 Å². The quantitative estimate of drug-likeness (QED) is 0.602. The summed E-state index contributed by atoms with van der Waals surface area (Å²) in [6, 6.07) is 12.4. The largest absolute Gasteiger partial charge is 0.416 e. The molecule has 0 aromatic heterocycles. The van der Waals surface area contributed by atoms with Crippen molar-refractivity contribution < 1.29 is 18.0 Å². The number of anilines is 2. The van der Waals surface area contributed by atoms with Gasteiger partial charge in [-0.15, -0.1) is 0 Å². The average Bonchev–Trinajstić information content (AvgIpc) is 2.68. The van der Waals surface area contributed by atoms with E-state index in [1.807, 2.05) is 9.80 Å². The van der Waals surface area contributed by atoms with Crippen LogP contribution >= 0.6 is 12.2 Å². The minimum absolute atomic E-state index is 0.000147. The summed E-state index contributed by atoms with van der Waals surface area (Å²) in [6.07, 6.45) is -4.35. The second-order valence-electron chi connectivity index (χ2n) is 6.59. The molecule has 1 aliphatic rings. The van der Waals surface area contributed by atoms with Crippen molar-refractivity contribution in [3.05, 3.63) is 59.7 Å². The minimum atomic E-state index is -4.35. The molecule has 0 aliphatic carbocycles. The Morgan fingerprint density at radius 2 is 1.68 bits per heavy atom. The number of hydrogen-bond donors (Lipinski definition) is 1. The van der Waals surface area contributed by atoms with Crippen molar-refractivity contribution in [2.24, 2.45) is 0 Å². The fourth-order valence-electron chi connectivity index (χ4n) is 3.04. The third-order valence-electron chi connectivity index (χ3n) is 4.65. The van der Waals surface area contributed by atoms with Gasteiger partial charge in [-0.2, -0.15) is 13.2 Å². The molecule has 2 aromatic carbocycles. The third-order valence-corrected chi connectivity index (χ3v) is 5.01. The number of ketones is 1. The van der Waals surface area contributed by atoms with Crippen molar-refractivity contribution >= 4 is 34.5 Å². The molecule has 8 heteroatoms. The first kappa shape index (κ1) is 20.1. The van der Waals surface area contributed by atoms with Crippen LogP contribution in [0, 0.1) is 0 Å². The number of piperazine rings is 1. The number of nitrogens with one attached hydrogen (secondary N) is 1. The SMILES string of the molecule is CC(=O)c1ccc(NC(=S)N2CCN(c3cccc(C(F)(F)F)c3)CC2)cc1. The predicted octanol–water partition coefficient (Wildman–Crippen LogP) is 4.43. The molecule has 28 heavy (non-hydrogen) atoms. The van der Waals surface area contributed by atoms with Crippen molar-refractivity contribution in [3.8, 4) is 0 Å². The molecule has 1 aliphatic heterocycles. The predicted molar refractivity (Wildman–Crippen MR) is 108 cm³/mol. The van der Waals surface area contributed by atoms with Crippen molar-refractivity contribution in [1.29, 1.82) is 0 Å². The van der Waals surface area contributed by atoms with Gasteiger partial charge in [-0.25, -0.2) is 0 Å². The van der Waals surface area contributed by atoms with Crippen LogP contribution in [-0.4, -0.2) is 42.0 Å². The summed E-state index contributed by atoms with van der Waals surface area (Å²) in [5.41, 5.74) is 1.34. The molecule has 0 amide bonds. The molecule has 1 N–H and O–H groups in total. The number of halogens is 3. The van der Waals surface area contributed by atoms with Gasteiger partial charge >= 0.3 is 6.18 Å². The molecular weight excluding hydrogens is 387 g/mol. The topological polar surface area (TPSA) is 35.6 Å². The van der Waals surface area contributed by atoms with Crippen LogP contribution in [-0.2, 0) is 6.18 Å². The molecule has 0 unspecified atom stereocenters. The van der Waals surface area contributed by atoms with Crippen LogP contribution < -0.4 is 10.2 Å². The van der Waals surface area contributed by atoms with Gasteiger partial charge in [-0.05, 0) is 61.6 Å². The van der Waals surface area contributed by atoms with Crippen molar-refractivity contribution in [3.63, 3.8) is 0 Å². The molecule has 0 atom stereocenters. The Morgan fingerprint density at radius 1 is 1.04 bits per heavy atom. The lowest BCUT2D eigenvalue weighted by Crippen LogP contribution is -2.50. The summed E-state index contributed by atoms with van der Waals surface area (Å²) >= 11 is 5.45. The van der Waals surface area contributed by atoms with Crippen LogP contribution in [0.25, 0.3) is 0 Å². The van der Waals surface area contributed by atoms with Gasteiger partial charge in [0.15, 0.2) is 10.9 Å². The number of thiocarbonyl (C=S) groups is 1. The van der Waals surface area contributed by atoms with E-state index in [-0.39, 0.29) is 5.78 Å². The normalized spacial score (nSPS) is 14.7. The number of rotatable bonds is 3. The molecule has 0 spiro atoms. The van der Waals surface area contributed by atoms with E-state index in [4.69, 9.17) is 12.2 Å². The molecule has 0 saturated carbocycles. The van der Waals surface area contributed by atoms with Gasteiger partial charge in [0.25, 0.3) is 0 Å². The Labute approximate surface area is 166 Å². The molecule has 2 aromatic rings. The van der Waals surface area contributed by atoms with E-state index in [1.54, 1.807) is 30.3 Å². The Hall–Kier alpha value is -2.61. The van der Waals surface area contributed by atoms with Crippen LogP contribution in [0.1, 0.15) is 22.8 Å². The maximum Gasteiger partial charge on any atom is 0.416 e. The molecule has 3 rings (SSSR count). The molecule has 1 saturated heterocycles. The fourth-order valence-corrected chi connectivity index (χ4v) is 3.34. The lowest BCUT2D eigenvalue weighted by Gasteiger charge is -2.37. The molecule has 4 nitrogen and oxygen atoms in total. The Kier molecular flexibility index (Phi) is 5.88. The second-order valence-corrected chi connectivity index (χ2v) is 6.97. The highest BCUT2D eigenvalue weighted by Gasteiger charge is 2.31. The van der Waals surface area contributed by atoms with E-state index in [1.165, 1.54) is 19.1 Å². The molecule has 1 fully saturated rings. The first-order chi connectivity index (χ1) is 13.2. The smallest absolute Gasteiger partial charge is 0.368 e. The molecule has 1 heterocycles. The van der Waals surface area contributed by atoms with Gasteiger partial charge in [-0.1, -0.05) is 6.07 Å². The van der Waals surface area contributed by atoms with Crippen LogP contribution in [0.5, 0.6) is 0 Å². The summed E-state index contributed by atoms with van der Waals surface area (Å²) in [7, 11) is 0. The van der Waals surface area contributed by atoms with E-state index < -0.39 is 11.7 Å². The summed E-state index contributed by atoms with van der Waals surface area (Å²) in [6.45, 7) is 3.87. The highest BCUT2D eigenvalue weighted by atomic mass is 32.1. The number of nitrogens with zero attached hydrogens (tertiary/aromatic N) is 2. The van der Waals surface area contributed by atoms with Gasteiger partial charge in [0.2, 0.25) is 0 Å². The minimum Gasteiger partial charge on any atom is -0.368 e. The number of benzene rings is 2. The third kappa shape index (κ3) is 4.81. The van der Waals surface area contributed by atoms with E-state index in [0.29, 0.717) is 42.5 Å². The van der Waals surface area contributed by atoms with Gasteiger partial charge in [0, 0.05) is 43.1 Å². The summed E-state index contributed by atoms with van der Waals surface area (Å²) in [4.78, 5) is 15.2. The lowest BCUT2D eigenvalue weighted by molar-refractivity contribution is -0.137. The molecular formula is C20H20F3N3OS. The Bertz CT molecular complexity index is 860. The average molecular weight is 407 g/mol. The van der Waals surface area contributed by atoms with Crippen LogP contribution in [0.4, 0.5) is 24.5 Å². The zero-order valence-electron chi connectivity index (χ0n) is 15.3. The summed E-state index contributed by atoms with van der Waals surface area (Å²) in [5.74, 6) is -0.000147. The monoisotopic (exact) mass is 407 g/mol. The van der Waals surface area contributed by atoms with Gasteiger partial charge < -0.3 is 15.1 Å². The highest BCUT2D eigenvalue weighted by molar-refractivity contribution is 7.80. The molecule has 0 bridgehead atoms. The second kappa shape index (κ2) is 8.18. The van der Waals surface area contributed by atoms with Crippen molar-refractivity contribution in [2.75, 3.05) is 36.4 Å². The molecule has 148 valence electrons. The van der Waals surface area contributed by atoms with E-state index in [0.717, 1.165) is 11.8 Å². The first-order valence-electron chi connectivity index (χ1n) is 8.83. The highest BCUT2D eigenvalue weighted by Crippen LogP contribution is 2.31. The van der Waals surface area contributed by atoms with E-state index >= 15 is 0 Å². The van der Waals surface area contributed by atoms with E-state index in [2.05, 4.69) is 5.32 Å². The Morgan fingerprint density at radius 3 is 2.25 bits per heavy atom. The molecule has 0 radical (unpaired) electrons. The van der Waals surface area contributed by atoms with Crippen LogP contribution in [0.15, 0.2) is 48.5 Å². The number of carbonyl (C=O) groups excluding carboxylic acids is 1. The first-order valence-corrected chi connectivity index (χ1v) is 9.24. The Balaban J connectivity index is 1.57. The summed E-state index contributed by atoms with van der Waals surface area (Å²) in [5, 5.41) is 3.70. The lowest BCUT2D eigenvalue weighted by atomic mass is 10.1. The number of hydrogen-bond acceptors (Lipinski definition) is 3. The standard InChI is InChI=1S/C20H20F3N3OS/c1-14(27)15-5-7-17(8-6-15)24-19(28)26-11-9-25(10-12-26)18-4-2-3-16(13-18)20(21,22)23/h2-8,13H,9-12H2,1H3,(H,24,28). The van der Waals surface area contributed by atoms with Crippen LogP contribution in [0.3, 0.4) is 0 Å². The number of Topliss-reactive ketones (excluding diaryl/α,β-unsaturated/α-hetero) is 1. The zero-order valence-corrected chi connectivity index (χ0v) is 16.1. The maximum absolute atomic E-state index is 12.9. The summed E-state index contributed by atoms with van der Waals surface area (Å²) < 4.78 is 38.7. The van der Waals surface area contributed by atoms with Crippen molar-refractivity contribution in [1.82, 2.24) is 4.90 Å². The number of alkyl halides is 3.